The van der Waals surface area contributed by atoms with Gasteiger partial charge in [0.25, 0.3) is 0 Å². The fraction of sp³-hybridized carbons (Fsp3) is 0.429. The standard InChI is InChI=1S/C14H15FN2S/c15-10-1-2-12-14-13(10)9-3-5-16-6-4-11(9)17(14)7-8-18-12/h1-2,16H,3-8H2. The monoisotopic (exact) mass is 262 g/mol. The summed E-state index contributed by atoms with van der Waals surface area (Å²) in [4.78, 5) is 1.25. The summed E-state index contributed by atoms with van der Waals surface area (Å²) in [7, 11) is 0. The van der Waals surface area contributed by atoms with Crippen molar-refractivity contribution in [1.82, 2.24) is 9.88 Å². The number of halogens is 1. The first-order valence-electron chi connectivity index (χ1n) is 6.52. The van der Waals surface area contributed by atoms with Gasteiger partial charge < -0.3 is 9.88 Å². The van der Waals surface area contributed by atoms with E-state index >= 15 is 0 Å². The molecule has 1 N–H and O–H groups in total. The molecule has 0 aliphatic carbocycles. The maximum atomic E-state index is 14.2. The van der Waals surface area contributed by atoms with Gasteiger partial charge in [-0.1, -0.05) is 0 Å². The Hall–Kier alpha value is -1.00. The molecule has 0 unspecified atom stereocenters. The SMILES string of the molecule is Fc1ccc2c3c1c1c(n3CCS2)CCNCC1. The summed E-state index contributed by atoms with van der Waals surface area (Å²) in [6.07, 6.45) is 1.97. The van der Waals surface area contributed by atoms with Crippen molar-refractivity contribution in [2.24, 2.45) is 0 Å². The van der Waals surface area contributed by atoms with Gasteiger partial charge in [0, 0.05) is 41.2 Å². The number of nitrogens with one attached hydrogen (secondary N) is 1. The zero-order valence-electron chi connectivity index (χ0n) is 10.1. The number of fused-ring (bicyclic) bond motifs is 3. The van der Waals surface area contributed by atoms with Gasteiger partial charge in [0.1, 0.15) is 5.82 Å². The van der Waals surface area contributed by atoms with Crippen molar-refractivity contribution < 1.29 is 4.39 Å². The molecule has 2 aliphatic rings. The summed E-state index contributed by atoms with van der Waals surface area (Å²) in [6, 6.07) is 3.58. The molecule has 1 aromatic carbocycles. The molecule has 0 amide bonds. The van der Waals surface area contributed by atoms with Gasteiger partial charge in [-0.25, -0.2) is 4.39 Å². The van der Waals surface area contributed by atoms with Gasteiger partial charge >= 0.3 is 0 Å². The van der Waals surface area contributed by atoms with Gasteiger partial charge in [0.05, 0.1) is 5.52 Å². The zero-order valence-corrected chi connectivity index (χ0v) is 10.9. The molecule has 0 fully saturated rings. The summed E-state index contributed by atoms with van der Waals surface area (Å²) >= 11 is 1.86. The fourth-order valence-electron chi connectivity index (χ4n) is 3.26. The number of nitrogens with zero attached hydrogens (tertiary/aromatic N) is 1. The fourth-order valence-corrected chi connectivity index (χ4v) is 4.26. The minimum absolute atomic E-state index is 0.0480. The number of thioether (sulfide) groups is 1. The average molecular weight is 262 g/mol. The first kappa shape index (κ1) is 10.9. The molecule has 2 aliphatic heterocycles. The van der Waals surface area contributed by atoms with E-state index in [4.69, 9.17) is 0 Å². The molecule has 2 aromatic rings. The highest BCUT2D eigenvalue weighted by atomic mass is 32.2. The molecule has 94 valence electrons. The van der Waals surface area contributed by atoms with E-state index in [2.05, 4.69) is 9.88 Å². The second kappa shape index (κ2) is 4.00. The van der Waals surface area contributed by atoms with Crippen LogP contribution in [0.25, 0.3) is 10.9 Å². The Labute approximate surface area is 110 Å². The van der Waals surface area contributed by atoms with Gasteiger partial charge in [-0.3, -0.25) is 0 Å². The Bertz CT molecular complexity index is 632. The van der Waals surface area contributed by atoms with Gasteiger partial charge in [-0.2, -0.15) is 0 Å². The number of aryl methyl sites for hydroxylation is 1. The lowest BCUT2D eigenvalue weighted by Gasteiger charge is -2.17. The zero-order chi connectivity index (χ0) is 12.1. The van der Waals surface area contributed by atoms with E-state index in [0.717, 1.165) is 49.1 Å². The Balaban J connectivity index is 2.13. The number of benzene rings is 1. The first-order chi connectivity index (χ1) is 8.86. The van der Waals surface area contributed by atoms with Gasteiger partial charge in [0.2, 0.25) is 0 Å². The molecule has 18 heavy (non-hydrogen) atoms. The normalized spacial score (nSPS) is 18.7. The van der Waals surface area contributed by atoms with E-state index in [9.17, 15) is 4.39 Å². The van der Waals surface area contributed by atoms with Crippen LogP contribution in [0.1, 0.15) is 11.3 Å². The van der Waals surface area contributed by atoms with E-state index in [0.29, 0.717) is 0 Å². The molecule has 0 atom stereocenters. The Kier molecular flexibility index (Phi) is 2.42. The minimum Gasteiger partial charge on any atom is -0.342 e. The Morgan fingerprint density at radius 1 is 1.22 bits per heavy atom. The summed E-state index contributed by atoms with van der Waals surface area (Å²) in [5, 5.41) is 4.29. The number of hydrogen-bond donors (Lipinski definition) is 1. The number of hydrogen-bond acceptors (Lipinski definition) is 2. The Morgan fingerprint density at radius 3 is 3.06 bits per heavy atom. The highest BCUT2D eigenvalue weighted by molar-refractivity contribution is 7.99. The van der Waals surface area contributed by atoms with E-state index in [-0.39, 0.29) is 5.82 Å². The van der Waals surface area contributed by atoms with Crippen molar-refractivity contribution in [3.05, 3.63) is 29.2 Å². The second-order valence-corrected chi connectivity index (χ2v) is 6.08. The third kappa shape index (κ3) is 1.39. The molecule has 3 heterocycles. The molecular formula is C14H15FN2S. The van der Waals surface area contributed by atoms with Crippen molar-refractivity contribution in [3.63, 3.8) is 0 Å². The average Bonchev–Trinajstić information content (AvgIpc) is 2.57. The highest BCUT2D eigenvalue weighted by Gasteiger charge is 2.25. The van der Waals surface area contributed by atoms with Crippen molar-refractivity contribution >= 4 is 22.7 Å². The maximum Gasteiger partial charge on any atom is 0.132 e. The molecule has 0 saturated heterocycles. The van der Waals surface area contributed by atoms with Crippen molar-refractivity contribution in [3.8, 4) is 0 Å². The van der Waals surface area contributed by atoms with Crippen LogP contribution in [0.3, 0.4) is 0 Å². The van der Waals surface area contributed by atoms with Crippen LogP contribution in [-0.4, -0.2) is 23.4 Å². The van der Waals surface area contributed by atoms with Crippen LogP contribution in [0.5, 0.6) is 0 Å². The van der Waals surface area contributed by atoms with E-state index < -0.39 is 0 Å². The molecule has 1 aromatic heterocycles. The van der Waals surface area contributed by atoms with Crippen LogP contribution < -0.4 is 5.32 Å². The van der Waals surface area contributed by atoms with E-state index in [1.807, 2.05) is 17.8 Å². The molecule has 4 heteroatoms. The van der Waals surface area contributed by atoms with Crippen LogP contribution in [-0.2, 0) is 19.4 Å². The lowest BCUT2D eigenvalue weighted by molar-refractivity contribution is 0.636. The van der Waals surface area contributed by atoms with Crippen LogP contribution in [0.4, 0.5) is 4.39 Å². The molecule has 2 nitrogen and oxygen atoms in total. The minimum atomic E-state index is -0.0480. The van der Waals surface area contributed by atoms with Gasteiger partial charge in [-0.15, -0.1) is 11.8 Å². The first-order valence-corrected chi connectivity index (χ1v) is 7.51. The third-order valence-corrected chi connectivity index (χ3v) is 5.03. The van der Waals surface area contributed by atoms with Crippen LogP contribution in [0, 0.1) is 5.82 Å². The lowest BCUT2D eigenvalue weighted by Crippen LogP contribution is -2.18. The van der Waals surface area contributed by atoms with Gasteiger partial charge in [0.15, 0.2) is 0 Å². The smallest absolute Gasteiger partial charge is 0.132 e. The van der Waals surface area contributed by atoms with E-state index in [1.54, 1.807) is 6.07 Å². The largest absolute Gasteiger partial charge is 0.342 e. The highest BCUT2D eigenvalue weighted by Crippen LogP contribution is 2.39. The molecule has 0 radical (unpaired) electrons. The quantitative estimate of drug-likeness (QED) is 0.786. The van der Waals surface area contributed by atoms with Crippen LogP contribution in [0.2, 0.25) is 0 Å². The van der Waals surface area contributed by atoms with Crippen LogP contribution >= 0.6 is 11.8 Å². The number of rotatable bonds is 0. The van der Waals surface area contributed by atoms with Crippen molar-refractivity contribution in [2.75, 3.05) is 18.8 Å². The van der Waals surface area contributed by atoms with Gasteiger partial charge in [-0.05, 0) is 30.7 Å². The summed E-state index contributed by atoms with van der Waals surface area (Å²) in [6.45, 7) is 2.99. The van der Waals surface area contributed by atoms with Crippen molar-refractivity contribution in [1.29, 1.82) is 0 Å². The summed E-state index contributed by atoms with van der Waals surface area (Å²) < 4.78 is 16.6. The summed E-state index contributed by atoms with van der Waals surface area (Å²) in [5.41, 5.74) is 3.76. The second-order valence-electron chi connectivity index (χ2n) is 4.94. The number of aromatic nitrogens is 1. The van der Waals surface area contributed by atoms with E-state index in [1.165, 1.54) is 16.2 Å². The van der Waals surface area contributed by atoms with Crippen LogP contribution in [0.15, 0.2) is 17.0 Å². The van der Waals surface area contributed by atoms with Crippen molar-refractivity contribution in [2.45, 2.75) is 24.3 Å². The lowest BCUT2D eigenvalue weighted by atomic mass is 10.1. The molecule has 0 saturated carbocycles. The molecular weight excluding hydrogens is 247 g/mol. The molecule has 4 rings (SSSR count). The molecule has 0 spiro atoms. The summed E-state index contributed by atoms with van der Waals surface area (Å²) in [5.74, 6) is 1.05. The molecule has 0 bridgehead atoms. The predicted octanol–water partition coefficient (Wildman–Crippen LogP) is 2.57. The Morgan fingerprint density at radius 2 is 2.11 bits per heavy atom. The predicted molar refractivity (Wildman–Crippen MR) is 72.9 cm³/mol. The maximum absolute atomic E-state index is 14.2. The third-order valence-electron chi connectivity index (χ3n) is 4.00. The topological polar surface area (TPSA) is 17.0 Å².